The van der Waals surface area contributed by atoms with Crippen LogP contribution >= 0.6 is 23.7 Å². The van der Waals surface area contributed by atoms with Gasteiger partial charge in [0.2, 0.25) is 5.91 Å². The highest BCUT2D eigenvalue weighted by molar-refractivity contribution is 8.01. The number of thioether (sulfide) groups is 1. The van der Waals surface area contributed by atoms with E-state index in [0.717, 1.165) is 16.7 Å². The summed E-state index contributed by atoms with van der Waals surface area (Å²) in [5.74, 6) is -1.66. The van der Waals surface area contributed by atoms with Gasteiger partial charge in [0, 0.05) is 23.3 Å². The molecule has 1 heterocycles. The van der Waals surface area contributed by atoms with Crippen molar-refractivity contribution in [3.63, 3.8) is 0 Å². The molecule has 2 N–H and O–H groups in total. The van der Waals surface area contributed by atoms with Crippen LogP contribution in [0.2, 0.25) is 0 Å². The molecule has 106 valence electrons. The number of carboxylic acid groups (broad SMARTS) is 1. The van der Waals surface area contributed by atoms with Crippen LogP contribution in [0.25, 0.3) is 0 Å². The Morgan fingerprint density at radius 2 is 2.26 bits per heavy atom. The molecule has 2 atom stereocenters. The second-order valence-corrected chi connectivity index (χ2v) is 5.59. The molecule has 1 saturated heterocycles. The average molecular weight is 307 g/mol. The Morgan fingerprint density at radius 3 is 2.79 bits per heavy atom. The van der Waals surface area contributed by atoms with Crippen molar-refractivity contribution in [3.8, 4) is 0 Å². The Hall–Kier alpha value is -1.29. The quantitative estimate of drug-likeness (QED) is 0.410. The zero-order valence-corrected chi connectivity index (χ0v) is 11.7. The zero-order chi connectivity index (χ0) is 14.4. The third-order valence-electron chi connectivity index (χ3n) is 2.37. The number of carboxylic acids is 1. The highest BCUT2D eigenvalue weighted by atomic mass is 32.2. The third kappa shape index (κ3) is 4.10. The normalized spacial score (nSPS) is 19.8. The lowest BCUT2D eigenvalue weighted by Gasteiger charge is -2.24. The smallest absolute Gasteiger partial charge is 0.337 e. The van der Waals surface area contributed by atoms with Crippen molar-refractivity contribution in [3.05, 3.63) is 4.91 Å². The summed E-state index contributed by atoms with van der Waals surface area (Å²) in [5, 5.41) is 9.16. The summed E-state index contributed by atoms with van der Waals surface area (Å²) < 4.78 is 2.54. The van der Waals surface area contributed by atoms with Crippen molar-refractivity contribution in [1.29, 1.82) is 0 Å². The summed E-state index contributed by atoms with van der Waals surface area (Å²) in [4.78, 5) is 45.8. The minimum absolute atomic E-state index is 0.153. The lowest BCUT2D eigenvalue weighted by molar-refractivity contribution is -0.145. The molecule has 0 saturated carbocycles. The van der Waals surface area contributed by atoms with E-state index in [1.807, 2.05) is 0 Å². The summed E-state index contributed by atoms with van der Waals surface area (Å²) in [6.07, 6.45) is 0.153. The van der Waals surface area contributed by atoms with Gasteiger partial charge in [0.25, 0.3) is 5.91 Å². The van der Waals surface area contributed by atoms with Gasteiger partial charge in [0.15, 0.2) is 10.7 Å². The molecule has 10 heteroatoms. The fraction of sp³-hybridized carbons (Fsp3) is 0.667. The SMILES string of the molecule is CCC(=O)NC(SN=O)C(=O)N1CCSC1C(=O)O. The van der Waals surface area contributed by atoms with Crippen molar-refractivity contribution in [2.75, 3.05) is 12.3 Å². The molecule has 0 aromatic carbocycles. The molecule has 8 nitrogen and oxygen atoms in total. The molecule has 0 radical (unpaired) electrons. The molecule has 0 aromatic heterocycles. The van der Waals surface area contributed by atoms with Crippen LogP contribution in [0.15, 0.2) is 4.58 Å². The summed E-state index contributed by atoms with van der Waals surface area (Å²) in [5.41, 5.74) is 0. The van der Waals surface area contributed by atoms with Crippen LogP contribution in [0, 0.1) is 4.91 Å². The number of carbonyl (C=O) groups is 3. The number of nitrogens with zero attached hydrogens (tertiary/aromatic N) is 2. The van der Waals surface area contributed by atoms with Gasteiger partial charge in [0.05, 0.1) is 11.9 Å². The molecule has 1 rings (SSSR count). The van der Waals surface area contributed by atoms with E-state index in [9.17, 15) is 19.3 Å². The minimum atomic E-state index is -1.18. The standard InChI is InChI=1S/C9H13N3O5S2/c1-2-5(13)10-6(19-11-17)7(14)12-3-4-18-8(12)9(15)16/h6,8H,2-4H2,1H3,(H,10,13)(H,15,16). The lowest BCUT2D eigenvalue weighted by atomic mass is 10.4. The molecule has 0 spiro atoms. The van der Waals surface area contributed by atoms with E-state index in [4.69, 9.17) is 5.11 Å². The van der Waals surface area contributed by atoms with E-state index in [1.165, 1.54) is 0 Å². The van der Waals surface area contributed by atoms with Crippen LogP contribution in [-0.4, -0.2) is 50.8 Å². The van der Waals surface area contributed by atoms with Gasteiger partial charge >= 0.3 is 5.97 Å². The van der Waals surface area contributed by atoms with Crippen molar-refractivity contribution < 1.29 is 19.5 Å². The highest BCUT2D eigenvalue weighted by Crippen LogP contribution is 2.26. The van der Waals surface area contributed by atoms with Crippen molar-refractivity contribution in [1.82, 2.24) is 10.2 Å². The van der Waals surface area contributed by atoms with Crippen LogP contribution in [0.3, 0.4) is 0 Å². The first kappa shape index (κ1) is 15.8. The highest BCUT2D eigenvalue weighted by Gasteiger charge is 2.38. The third-order valence-corrected chi connectivity index (χ3v) is 4.18. The summed E-state index contributed by atoms with van der Waals surface area (Å²) in [7, 11) is 0. The van der Waals surface area contributed by atoms with E-state index in [0.29, 0.717) is 17.7 Å². The van der Waals surface area contributed by atoms with Gasteiger partial charge in [-0.3, -0.25) is 9.59 Å². The Bertz CT molecular complexity index is 392. The van der Waals surface area contributed by atoms with Crippen LogP contribution < -0.4 is 5.32 Å². The second kappa shape index (κ2) is 7.34. The molecule has 1 aliphatic rings. The van der Waals surface area contributed by atoms with Crippen molar-refractivity contribution >= 4 is 41.5 Å². The number of carbonyl (C=O) groups excluding carboxylic acids is 2. The number of rotatable bonds is 6. The fourth-order valence-electron chi connectivity index (χ4n) is 1.48. The van der Waals surface area contributed by atoms with Crippen molar-refractivity contribution in [2.45, 2.75) is 24.1 Å². The second-order valence-electron chi connectivity index (χ2n) is 3.57. The first-order valence-electron chi connectivity index (χ1n) is 5.44. The summed E-state index contributed by atoms with van der Waals surface area (Å²) in [6.45, 7) is 1.86. The molecule has 2 amide bonds. The Labute approximate surface area is 117 Å². The molecule has 1 fully saturated rings. The van der Waals surface area contributed by atoms with Crippen molar-refractivity contribution in [2.24, 2.45) is 4.58 Å². The van der Waals surface area contributed by atoms with Gasteiger partial charge in [-0.2, -0.15) is 0 Å². The first-order valence-corrected chi connectivity index (χ1v) is 7.32. The van der Waals surface area contributed by atoms with E-state index in [2.05, 4.69) is 9.90 Å². The molecule has 0 aromatic rings. The van der Waals surface area contributed by atoms with Gasteiger partial charge in [-0.1, -0.05) is 6.92 Å². The van der Waals surface area contributed by atoms with Crippen LogP contribution in [0.1, 0.15) is 13.3 Å². The van der Waals surface area contributed by atoms with E-state index < -0.39 is 28.5 Å². The molecule has 0 aliphatic carbocycles. The van der Waals surface area contributed by atoms with E-state index in [1.54, 1.807) is 6.92 Å². The monoisotopic (exact) mass is 307 g/mol. The predicted octanol–water partition coefficient (Wildman–Crippen LogP) is 0.239. The molecular weight excluding hydrogens is 294 g/mol. The molecular formula is C9H13N3O5S2. The van der Waals surface area contributed by atoms with Crippen LogP contribution in [0.4, 0.5) is 0 Å². The van der Waals surface area contributed by atoms with E-state index >= 15 is 0 Å². The molecule has 0 bridgehead atoms. The number of nitroso groups, excluding NO2 is 1. The number of hydrogen-bond donors (Lipinski definition) is 2. The topological polar surface area (TPSA) is 116 Å². The van der Waals surface area contributed by atoms with Gasteiger partial charge in [-0.25, -0.2) is 4.79 Å². The summed E-state index contributed by atoms with van der Waals surface area (Å²) >= 11 is 1.49. The Kier molecular flexibility index (Phi) is 6.09. The Balaban J connectivity index is 2.77. The number of amides is 2. The zero-order valence-electron chi connectivity index (χ0n) is 10.1. The molecule has 1 aliphatic heterocycles. The molecule has 19 heavy (non-hydrogen) atoms. The predicted molar refractivity (Wildman–Crippen MR) is 71.2 cm³/mol. The van der Waals surface area contributed by atoms with Gasteiger partial charge in [-0.05, 0) is 0 Å². The minimum Gasteiger partial charge on any atom is -0.479 e. The lowest BCUT2D eigenvalue weighted by Crippen LogP contribution is -2.49. The van der Waals surface area contributed by atoms with Gasteiger partial charge in [0.1, 0.15) is 0 Å². The average Bonchev–Trinajstić information content (AvgIpc) is 2.86. The molecule has 2 unspecified atom stereocenters. The maximum Gasteiger partial charge on any atom is 0.337 e. The first-order chi connectivity index (χ1) is 9.01. The van der Waals surface area contributed by atoms with Crippen LogP contribution in [0.5, 0.6) is 0 Å². The van der Waals surface area contributed by atoms with E-state index in [-0.39, 0.29) is 13.0 Å². The number of nitrogens with one attached hydrogen (secondary N) is 1. The Morgan fingerprint density at radius 1 is 1.58 bits per heavy atom. The van der Waals surface area contributed by atoms with Gasteiger partial charge in [-0.15, -0.1) is 16.7 Å². The summed E-state index contributed by atoms with van der Waals surface area (Å²) in [6, 6.07) is 0. The largest absolute Gasteiger partial charge is 0.479 e. The van der Waals surface area contributed by atoms with Gasteiger partial charge < -0.3 is 15.3 Å². The maximum atomic E-state index is 12.1. The fourth-order valence-corrected chi connectivity index (χ4v) is 3.03. The maximum absolute atomic E-state index is 12.1. The number of aliphatic carboxylic acids is 1. The number of hydrogen-bond acceptors (Lipinski definition) is 7. The van der Waals surface area contributed by atoms with Crippen LogP contribution in [-0.2, 0) is 14.4 Å².